The average molecular weight is 235 g/mol. The second-order valence-electron chi connectivity index (χ2n) is 4.65. The first-order valence-corrected chi connectivity index (χ1v) is 6.29. The van der Waals surface area contributed by atoms with Gasteiger partial charge in [-0.3, -0.25) is 4.90 Å². The van der Waals surface area contributed by atoms with E-state index in [1.54, 1.807) is 0 Å². The molecule has 1 aromatic rings. The maximum atomic E-state index is 5.71. The van der Waals surface area contributed by atoms with E-state index in [-0.39, 0.29) is 0 Å². The number of hydrogen-bond donors (Lipinski definition) is 0. The molecule has 0 spiro atoms. The van der Waals surface area contributed by atoms with Crippen molar-refractivity contribution in [2.24, 2.45) is 0 Å². The minimum absolute atomic E-state index is 0.336. The van der Waals surface area contributed by atoms with Crippen LogP contribution in [0.1, 0.15) is 13.8 Å². The highest BCUT2D eigenvalue weighted by Gasteiger charge is 2.22. The fourth-order valence-corrected chi connectivity index (χ4v) is 2.08. The van der Waals surface area contributed by atoms with Gasteiger partial charge in [0.1, 0.15) is 12.4 Å². The lowest BCUT2D eigenvalue weighted by Crippen LogP contribution is -2.48. The third kappa shape index (κ3) is 3.72. The Kier molecular flexibility index (Phi) is 4.40. The van der Waals surface area contributed by atoms with Gasteiger partial charge in [0.25, 0.3) is 0 Å². The van der Waals surface area contributed by atoms with Crippen LogP contribution < -0.4 is 4.74 Å². The fourth-order valence-electron chi connectivity index (χ4n) is 2.08. The Morgan fingerprint density at radius 2 is 2.06 bits per heavy atom. The molecule has 2 atom stereocenters. The summed E-state index contributed by atoms with van der Waals surface area (Å²) in [6.07, 6.45) is 0.336. The molecule has 2 unspecified atom stereocenters. The number of para-hydroxylation sites is 1. The molecule has 0 amide bonds. The third-order valence-corrected chi connectivity index (χ3v) is 3.13. The third-order valence-electron chi connectivity index (χ3n) is 3.13. The van der Waals surface area contributed by atoms with E-state index in [9.17, 15) is 0 Å². The van der Waals surface area contributed by atoms with Gasteiger partial charge in [-0.25, -0.2) is 0 Å². The van der Waals surface area contributed by atoms with Crippen molar-refractivity contribution in [3.05, 3.63) is 30.3 Å². The Labute approximate surface area is 103 Å². The molecule has 0 N–H and O–H groups in total. The number of benzene rings is 1. The van der Waals surface area contributed by atoms with E-state index < -0.39 is 0 Å². The summed E-state index contributed by atoms with van der Waals surface area (Å²) >= 11 is 0. The van der Waals surface area contributed by atoms with Crippen LogP contribution in [0.3, 0.4) is 0 Å². The van der Waals surface area contributed by atoms with E-state index in [2.05, 4.69) is 18.7 Å². The summed E-state index contributed by atoms with van der Waals surface area (Å²) in [5.41, 5.74) is 0. The summed E-state index contributed by atoms with van der Waals surface area (Å²) in [4.78, 5) is 2.43. The van der Waals surface area contributed by atoms with Crippen LogP contribution >= 0.6 is 0 Å². The first kappa shape index (κ1) is 12.4. The van der Waals surface area contributed by atoms with Crippen molar-refractivity contribution >= 4 is 0 Å². The van der Waals surface area contributed by atoms with Crippen LogP contribution in [0.2, 0.25) is 0 Å². The van der Waals surface area contributed by atoms with Crippen LogP contribution in [0.4, 0.5) is 0 Å². The van der Waals surface area contributed by atoms with Gasteiger partial charge < -0.3 is 9.47 Å². The zero-order chi connectivity index (χ0) is 12.1. The number of rotatable bonds is 4. The van der Waals surface area contributed by atoms with Gasteiger partial charge in [0.05, 0.1) is 12.7 Å². The zero-order valence-corrected chi connectivity index (χ0v) is 10.6. The van der Waals surface area contributed by atoms with E-state index in [4.69, 9.17) is 9.47 Å². The molecule has 94 valence electrons. The molecular formula is C14H21NO2. The highest BCUT2D eigenvalue weighted by atomic mass is 16.5. The van der Waals surface area contributed by atoms with Gasteiger partial charge in [0.2, 0.25) is 0 Å². The quantitative estimate of drug-likeness (QED) is 0.798. The number of nitrogens with zero attached hydrogens (tertiary/aromatic N) is 1. The Bertz CT molecular complexity index is 328. The number of hydrogen-bond acceptors (Lipinski definition) is 3. The van der Waals surface area contributed by atoms with Crippen LogP contribution in [0.15, 0.2) is 30.3 Å². The van der Waals surface area contributed by atoms with E-state index in [1.165, 1.54) is 0 Å². The minimum atomic E-state index is 0.336. The molecule has 0 aliphatic carbocycles. The van der Waals surface area contributed by atoms with Crippen molar-refractivity contribution in [3.63, 3.8) is 0 Å². The first-order valence-electron chi connectivity index (χ1n) is 6.29. The Hall–Kier alpha value is -1.06. The minimum Gasteiger partial charge on any atom is -0.492 e. The Balaban J connectivity index is 1.74. The summed E-state index contributed by atoms with van der Waals surface area (Å²) in [5.74, 6) is 0.946. The highest BCUT2D eigenvalue weighted by Crippen LogP contribution is 2.12. The predicted octanol–water partition coefficient (Wildman–Crippen LogP) is 2.17. The van der Waals surface area contributed by atoms with Gasteiger partial charge >= 0.3 is 0 Å². The van der Waals surface area contributed by atoms with Crippen LogP contribution in [0, 0.1) is 0 Å². The zero-order valence-electron chi connectivity index (χ0n) is 10.6. The van der Waals surface area contributed by atoms with Crippen LogP contribution in [0.25, 0.3) is 0 Å². The lowest BCUT2D eigenvalue weighted by Gasteiger charge is -2.36. The molecule has 3 heteroatoms. The molecule has 1 aliphatic heterocycles. The Morgan fingerprint density at radius 1 is 1.29 bits per heavy atom. The van der Waals surface area contributed by atoms with E-state index in [0.29, 0.717) is 12.1 Å². The Morgan fingerprint density at radius 3 is 2.82 bits per heavy atom. The van der Waals surface area contributed by atoms with Crippen molar-refractivity contribution in [2.45, 2.75) is 26.0 Å². The second kappa shape index (κ2) is 6.03. The summed E-state index contributed by atoms with van der Waals surface area (Å²) in [6.45, 7) is 7.85. The largest absolute Gasteiger partial charge is 0.492 e. The molecule has 1 aromatic carbocycles. The molecule has 0 radical (unpaired) electrons. The lowest BCUT2D eigenvalue weighted by molar-refractivity contribution is -0.0522. The molecule has 17 heavy (non-hydrogen) atoms. The highest BCUT2D eigenvalue weighted by molar-refractivity contribution is 5.20. The number of ether oxygens (including phenoxy) is 2. The van der Waals surface area contributed by atoms with Gasteiger partial charge in [-0.15, -0.1) is 0 Å². The van der Waals surface area contributed by atoms with E-state index in [1.807, 2.05) is 30.3 Å². The molecule has 2 rings (SSSR count). The van der Waals surface area contributed by atoms with Gasteiger partial charge in [-0.1, -0.05) is 18.2 Å². The normalized spacial score (nSPS) is 25.8. The fraction of sp³-hybridized carbons (Fsp3) is 0.571. The van der Waals surface area contributed by atoms with Crippen molar-refractivity contribution in [2.75, 3.05) is 26.3 Å². The summed E-state index contributed by atoms with van der Waals surface area (Å²) in [5, 5.41) is 0. The predicted molar refractivity (Wildman–Crippen MR) is 68.4 cm³/mol. The van der Waals surface area contributed by atoms with Gasteiger partial charge in [0.15, 0.2) is 0 Å². The maximum Gasteiger partial charge on any atom is 0.119 e. The molecule has 1 fully saturated rings. The monoisotopic (exact) mass is 235 g/mol. The van der Waals surface area contributed by atoms with Gasteiger partial charge in [0, 0.05) is 19.1 Å². The first-order chi connectivity index (χ1) is 8.25. The maximum absolute atomic E-state index is 5.71. The topological polar surface area (TPSA) is 21.7 Å². The molecule has 0 bridgehead atoms. The molecule has 0 saturated carbocycles. The van der Waals surface area contributed by atoms with Crippen molar-refractivity contribution in [1.82, 2.24) is 4.90 Å². The standard InChI is InChI=1S/C14H21NO2/c1-12-11-17-13(2)10-15(12)8-9-16-14-6-4-3-5-7-14/h3-7,12-13H,8-11H2,1-2H3. The van der Waals surface area contributed by atoms with Crippen molar-refractivity contribution < 1.29 is 9.47 Å². The number of morpholine rings is 1. The molecule has 3 nitrogen and oxygen atoms in total. The van der Waals surface area contributed by atoms with Crippen LogP contribution in [-0.2, 0) is 4.74 Å². The summed E-state index contributed by atoms with van der Waals surface area (Å²) in [7, 11) is 0. The van der Waals surface area contributed by atoms with Crippen molar-refractivity contribution in [1.29, 1.82) is 0 Å². The van der Waals surface area contributed by atoms with Gasteiger partial charge in [-0.2, -0.15) is 0 Å². The summed E-state index contributed by atoms with van der Waals surface area (Å²) in [6, 6.07) is 10.5. The molecule has 1 saturated heterocycles. The molecule has 1 aliphatic rings. The smallest absolute Gasteiger partial charge is 0.119 e. The van der Waals surface area contributed by atoms with Gasteiger partial charge in [-0.05, 0) is 26.0 Å². The van der Waals surface area contributed by atoms with Crippen LogP contribution in [0.5, 0.6) is 5.75 Å². The van der Waals surface area contributed by atoms with Crippen molar-refractivity contribution in [3.8, 4) is 5.75 Å². The summed E-state index contributed by atoms with van der Waals surface area (Å²) < 4.78 is 11.3. The molecule has 0 aromatic heterocycles. The SMILES string of the molecule is CC1CN(CCOc2ccccc2)C(C)CO1. The average Bonchev–Trinajstić information content (AvgIpc) is 2.35. The van der Waals surface area contributed by atoms with E-state index >= 15 is 0 Å². The molecular weight excluding hydrogens is 214 g/mol. The molecule has 1 heterocycles. The van der Waals surface area contributed by atoms with E-state index in [0.717, 1.165) is 32.1 Å². The lowest BCUT2D eigenvalue weighted by atomic mass is 10.2. The van der Waals surface area contributed by atoms with Crippen LogP contribution in [-0.4, -0.2) is 43.3 Å². The second-order valence-corrected chi connectivity index (χ2v) is 4.65.